The fraction of sp³-hybridized carbons (Fsp3) is 0.191. The number of allylic oxidation sites excluding steroid dienone is 1. The van der Waals surface area contributed by atoms with Crippen molar-refractivity contribution in [3.05, 3.63) is 204 Å². The van der Waals surface area contributed by atoms with Crippen LogP contribution in [0.1, 0.15) is 63.9 Å². The van der Waals surface area contributed by atoms with Crippen LogP contribution < -0.4 is 10.6 Å². The molecular weight excluding hydrogens is 719 g/mol. The number of β-lactam (4-membered cyclic amide) rings is 1. The molecular formula is C47H43N3O5S. The molecule has 2 N–H and O–H groups in total. The molecule has 3 atom stereocenters. The van der Waals surface area contributed by atoms with Crippen molar-refractivity contribution in [3.8, 4) is 0 Å². The van der Waals surface area contributed by atoms with Gasteiger partial charge in [0.15, 0.2) is 11.6 Å². The highest BCUT2D eigenvalue weighted by molar-refractivity contribution is 8.00. The Morgan fingerprint density at radius 2 is 1.27 bits per heavy atom. The number of amides is 3. The van der Waals surface area contributed by atoms with Gasteiger partial charge in [0.25, 0.3) is 11.8 Å². The van der Waals surface area contributed by atoms with Crippen LogP contribution in [0.15, 0.2) is 176 Å². The van der Waals surface area contributed by atoms with Gasteiger partial charge in [0.1, 0.15) is 11.4 Å². The van der Waals surface area contributed by atoms with Crippen LogP contribution >= 0.6 is 11.8 Å². The summed E-state index contributed by atoms with van der Waals surface area (Å²) < 4.78 is 6.19. The minimum Gasteiger partial charge on any atom is -0.451 e. The number of thioether (sulfide) groups is 1. The molecule has 5 aromatic carbocycles. The Bertz CT molecular complexity index is 2110. The lowest BCUT2D eigenvalue weighted by Gasteiger charge is -2.59. The number of ether oxygens (including phenoxy) is 1. The third kappa shape index (κ3) is 8.09. The standard InChI is InChI=1S/C47H43N3O5S/c1-2-33-31-50-45(54)47(46(50)56-32-33,41(34-19-8-3-9-20-34)35-21-10-4-11-22-35)49-40(51)30-18-29-39(48-43(52)38-27-16-7-17-28-38)44(53)55-42(36-23-12-5-13-24-36)37-25-14-6-15-26-37/h2-17,19-28,31,39,41-42,46H,1,18,29-30,32H2,(H,48,52)(H,49,51)/t39?,46-,47?/m0/s1. The number of benzene rings is 5. The predicted molar refractivity (Wildman–Crippen MR) is 219 cm³/mol. The molecule has 0 saturated carbocycles. The maximum Gasteiger partial charge on any atom is 0.329 e. The van der Waals surface area contributed by atoms with Crippen molar-refractivity contribution >= 4 is 35.5 Å². The van der Waals surface area contributed by atoms with Crippen LogP contribution in [0.3, 0.4) is 0 Å². The first-order chi connectivity index (χ1) is 27.4. The molecule has 1 fully saturated rings. The summed E-state index contributed by atoms with van der Waals surface area (Å²) in [5, 5.41) is 5.75. The molecule has 2 unspecified atom stereocenters. The number of hydrogen-bond acceptors (Lipinski definition) is 6. The van der Waals surface area contributed by atoms with Crippen LogP contribution in [0.25, 0.3) is 0 Å². The molecule has 0 aliphatic carbocycles. The van der Waals surface area contributed by atoms with Crippen LogP contribution in [-0.4, -0.2) is 51.3 Å². The van der Waals surface area contributed by atoms with E-state index in [4.69, 9.17) is 4.74 Å². The first-order valence-corrected chi connectivity index (χ1v) is 19.8. The zero-order chi connectivity index (χ0) is 38.9. The summed E-state index contributed by atoms with van der Waals surface area (Å²) >= 11 is 1.60. The van der Waals surface area contributed by atoms with Gasteiger partial charge in [-0.2, -0.15) is 0 Å². The molecule has 7 rings (SSSR count). The van der Waals surface area contributed by atoms with Crippen molar-refractivity contribution in [2.75, 3.05) is 5.75 Å². The number of nitrogens with zero attached hydrogens (tertiary/aromatic N) is 1. The molecule has 2 aliphatic heterocycles. The predicted octanol–water partition coefficient (Wildman–Crippen LogP) is 7.96. The molecule has 0 aromatic heterocycles. The SMILES string of the molecule is C=CC1=CN2C(=O)C(NC(=O)CCCC(NC(=O)c3ccccc3)C(=O)OC(c3ccccc3)c3ccccc3)(C(c3ccccc3)c3ccccc3)[C@@H]2SC1. The van der Waals surface area contributed by atoms with Crippen molar-refractivity contribution in [3.63, 3.8) is 0 Å². The lowest BCUT2D eigenvalue weighted by atomic mass is 9.69. The molecule has 8 nitrogen and oxygen atoms in total. The summed E-state index contributed by atoms with van der Waals surface area (Å²) in [6.45, 7) is 3.90. The van der Waals surface area contributed by atoms with Crippen LogP contribution in [-0.2, 0) is 19.1 Å². The largest absolute Gasteiger partial charge is 0.451 e. The van der Waals surface area contributed by atoms with E-state index in [-0.39, 0.29) is 36.5 Å². The minimum absolute atomic E-state index is 0.00223. The number of fused-ring (bicyclic) bond motifs is 1. The normalized spacial score (nSPS) is 17.9. The van der Waals surface area contributed by atoms with E-state index < -0.39 is 35.5 Å². The van der Waals surface area contributed by atoms with Gasteiger partial charge >= 0.3 is 5.97 Å². The number of rotatable bonds is 15. The van der Waals surface area contributed by atoms with E-state index in [1.807, 2.05) is 134 Å². The quantitative estimate of drug-likeness (QED) is 0.0829. The minimum atomic E-state index is -1.29. The molecule has 0 spiro atoms. The van der Waals surface area contributed by atoms with Gasteiger partial charge < -0.3 is 20.3 Å². The van der Waals surface area contributed by atoms with Crippen LogP contribution in [0, 0.1) is 0 Å². The Kier molecular flexibility index (Phi) is 11.9. The van der Waals surface area contributed by atoms with Crippen molar-refractivity contribution < 1.29 is 23.9 Å². The van der Waals surface area contributed by atoms with E-state index in [9.17, 15) is 19.2 Å². The van der Waals surface area contributed by atoms with Gasteiger partial charge in [0, 0.05) is 29.9 Å². The zero-order valence-corrected chi connectivity index (χ0v) is 31.6. The lowest BCUT2D eigenvalue weighted by molar-refractivity contribution is -0.155. The van der Waals surface area contributed by atoms with E-state index in [2.05, 4.69) is 17.2 Å². The summed E-state index contributed by atoms with van der Waals surface area (Å²) in [4.78, 5) is 57.9. The molecule has 0 bridgehead atoms. The zero-order valence-electron chi connectivity index (χ0n) is 30.8. The first-order valence-electron chi connectivity index (χ1n) is 18.7. The number of carbonyl (C=O) groups excluding carboxylic acids is 4. The van der Waals surface area contributed by atoms with Crippen LogP contribution in [0.4, 0.5) is 0 Å². The van der Waals surface area contributed by atoms with Gasteiger partial charge in [-0.25, -0.2) is 4.79 Å². The second-order valence-electron chi connectivity index (χ2n) is 13.9. The second-order valence-corrected chi connectivity index (χ2v) is 14.9. The Morgan fingerprint density at radius 1 is 0.768 bits per heavy atom. The third-order valence-corrected chi connectivity index (χ3v) is 11.6. The van der Waals surface area contributed by atoms with Crippen molar-refractivity contribution in [2.45, 2.75) is 48.2 Å². The van der Waals surface area contributed by atoms with Gasteiger partial charge in [0.2, 0.25) is 5.91 Å². The smallest absolute Gasteiger partial charge is 0.329 e. The molecule has 1 saturated heterocycles. The third-order valence-electron chi connectivity index (χ3n) is 10.2. The topological polar surface area (TPSA) is 105 Å². The fourth-order valence-corrected chi connectivity index (χ4v) is 8.92. The summed E-state index contributed by atoms with van der Waals surface area (Å²) in [5.74, 6) is -1.42. The summed E-state index contributed by atoms with van der Waals surface area (Å²) in [7, 11) is 0. The molecule has 9 heteroatoms. The van der Waals surface area contributed by atoms with Crippen LogP contribution in [0.2, 0.25) is 0 Å². The van der Waals surface area contributed by atoms with Gasteiger partial charge in [-0.3, -0.25) is 14.4 Å². The average molecular weight is 762 g/mol. The van der Waals surface area contributed by atoms with Gasteiger partial charge in [-0.1, -0.05) is 152 Å². The molecule has 282 valence electrons. The van der Waals surface area contributed by atoms with E-state index in [0.717, 1.165) is 27.8 Å². The number of hydrogen-bond donors (Lipinski definition) is 2. The highest BCUT2D eigenvalue weighted by atomic mass is 32.2. The van der Waals surface area contributed by atoms with Gasteiger partial charge in [-0.15, -0.1) is 11.8 Å². The molecule has 5 aromatic rings. The van der Waals surface area contributed by atoms with Crippen molar-refractivity contribution in [1.29, 1.82) is 0 Å². The molecule has 2 aliphatic rings. The summed E-state index contributed by atoms with van der Waals surface area (Å²) in [6, 6.07) is 46.1. The molecule has 3 amide bonds. The van der Waals surface area contributed by atoms with Crippen LogP contribution in [0.5, 0.6) is 0 Å². The molecule has 56 heavy (non-hydrogen) atoms. The average Bonchev–Trinajstić information content (AvgIpc) is 3.26. The van der Waals surface area contributed by atoms with E-state index in [1.54, 1.807) is 47.0 Å². The Balaban J connectivity index is 1.14. The summed E-state index contributed by atoms with van der Waals surface area (Å²) in [5.41, 5.74) is 3.43. The number of carbonyl (C=O) groups is 4. The maximum absolute atomic E-state index is 14.5. The highest BCUT2D eigenvalue weighted by Gasteiger charge is 2.66. The summed E-state index contributed by atoms with van der Waals surface area (Å²) in [6.07, 6.45) is 3.23. The van der Waals surface area contributed by atoms with E-state index >= 15 is 0 Å². The Morgan fingerprint density at radius 3 is 1.79 bits per heavy atom. The number of nitrogens with one attached hydrogen (secondary N) is 2. The second kappa shape index (κ2) is 17.5. The lowest BCUT2D eigenvalue weighted by Crippen LogP contribution is -2.80. The van der Waals surface area contributed by atoms with Crippen molar-refractivity contribution in [1.82, 2.24) is 15.5 Å². The van der Waals surface area contributed by atoms with Gasteiger partial charge in [-0.05, 0) is 52.8 Å². The van der Waals surface area contributed by atoms with E-state index in [1.165, 1.54) is 0 Å². The number of esters is 1. The molecule has 2 heterocycles. The monoisotopic (exact) mass is 761 g/mol. The van der Waals surface area contributed by atoms with Crippen molar-refractivity contribution in [2.24, 2.45) is 0 Å². The highest BCUT2D eigenvalue weighted by Crippen LogP contribution is 2.52. The Hall–Kier alpha value is -6.19. The maximum atomic E-state index is 14.5. The van der Waals surface area contributed by atoms with Gasteiger partial charge in [0.05, 0.1) is 0 Å². The first kappa shape index (κ1) is 38.1. The van der Waals surface area contributed by atoms with E-state index in [0.29, 0.717) is 11.3 Å². The Labute approximate surface area is 331 Å². The molecule has 0 radical (unpaired) electrons. The fourth-order valence-electron chi connectivity index (χ4n) is 7.50.